The van der Waals surface area contributed by atoms with Gasteiger partial charge >= 0.3 is 0 Å². The van der Waals surface area contributed by atoms with E-state index in [-0.39, 0.29) is 17.9 Å². The molecule has 3 N–H and O–H groups in total. The van der Waals surface area contributed by atoms with Crippen molar-refractivity contribution in [2.75, 3.05) is 26.2 Å². The maximum absolute atomic E-state index is 12.5. The lowest BCUT2D eigenvalue weighted by Gasteiger charge is -2.39. The van der Waals surface area contributed by atoms with Gasteiger partial charge in [-0.1, -0.05) is 0 Å². The number of fused-ring (bicyclic) bond motifs is 1. The van der Waals surface area contributed by atoms with Crippen molar-refractivity contribution in [2.45, 2.75) is 6.04 Å². The number of rotatable bonds is 6. The summed E-state index contributed by atoms with van der Waals surface area (Å²) in [6.45, 7) is 2.57. The third kappa shape index (κ3) is 3.47. The number of aromatic amines is 1. The van der Waals surface area contributed by atoms with Gasteiger partial charge < -0.3 is 20.5 Å². The summed E-state index contributed by atoms with van der Waals surface area (Å²) in [5.74, 6) is -0.0874. The number of hydrogen-bond acceptors (Lipinski definition) is 5. The quantitative estimate of drug-likeness (QED) is 0.574. The second-order valence-corrected chi connectivity index (χ2v) is 7.13. The highest BCUT2D eigenvalue weighted by Gasteiger charge is 2.30. The molecule has 3 aromatic rings. The van der Waals surface area contributed by atoms with Crippen LogP contribution in [0.2, 0.25) is 0 Å². The molecule has 0 bridgehead atoms. The summed E-state index contributed by atoms with van der Waals surface area (Å²) in [4.78, 5) is 33.2. The van der Waals surface area contributed by atoms with Crippen molar-refractivity contribution in [3.05, 3.63) is 52.6 Å². The van der Waals surface area contributed by atoms with E-state index >= 15 is 0 Å². The maximum Gasteiger partial charge on any atom is 0.280 e. The minimum absolute atomic E-state index is 0.0585. The molecule has 0 spiro atoms. The van der Waals surface area contributed by atoms with Gasteiger partial charge in [0.05, 0.1) is 0 Å². The number of nitrogens with zero attached hydrogens (tertiary/aromatic N) is 2. The summed E-state index contributed by atoms with van der Waals surface area (Å²) in [6.07, 6.45) is 3.49. The second-order valence-electron chi connectivity index (χ2n) is 6.23. The molecule has 2 amide bonds. The predicted molar refractivity (Wildman–Crippen MR) is 100 cm³/mol. The van der Waals surface area contributed by atoms with E-state index in [0.717, 1.165) is 10.9 Å². The first-order valence-corrected chi connectivity index (χ1v) is 9.36. The van der Waals surface area contributed by atoms with E-state index in [0.29, 0.717) is 36.8 Å². The maximum atomic E-state index is 12.5. The lowest BCUT2D eigenvalue weighted by Crippen LogP contribution is -2.60. The fourth-order valence-corrected chi connectivity index (χ4v) is 3.56. The van der Waals surface area contributed by atoms with Crippen LogP contribution in [0.1, 0.15) is 20.2 Å². The van der Waals surface area contributed by atoms with Crippen LogP contribution >= 0.6 is 11.3 Å². The second kappa shape index (κ2) is 7.27. The van der Waals surface area contributed by atoms with Gasteiger partial charge in [-0.2, -0.15) is 0 Å². The van der Waals surface area contributed by atoms with Crippen LogP contribution < -0.4 is 10.6 Å². The van der Waals surface area contributed by atoms with Crippen molar-refractivity contribution in [1.82, 2.24) is 25.5 Å². The van der Waals surface area contributed by atoms with Gasteiger partial charge in [0, 0.05) is 66.5 Å². The van der Waals surface area contributed by atoms with Gasteiger partial charge in [-0.05, 0) is 24.3 Å². The van der Waals surface area contributed by atoms with Crippen LogP contribution in [0.3, 0.4) is 0 Å². The summed E-state index contributed by atoms with van der Waals surface area (Å²) in [7, 11) is 0. The zero-order valence-corrected chi connectivity index (χ0v) is 14.9. The highest BCUT2D eigenvalue weighted by Crippen LogP contribution is 2.18. The normalized spacial score (nSPS) is 14.4. The molecule has 3 heterocycles. The van der Waals surface area contributed by atoms with Gasteiger partial charge in [-0.3, -0.25) is 9.59 Å². The van der Waals surface area contributed by atoms with E-state index in [4.69, 9.17) is 0 Å². The Balaban J connectivity index is 1.19. The number of nitrogens with one attached hydrogen (secondary N) is 3. The highest BCUT2D eigenvalue weighted by molar-refractivity contribution is 7.11. The topological polar surface area (TPSA) is 90.1 Å². The summed E-state index contributed by atoms with van der Waals surface area (Å²) >= 11 is 1.32. The number of thiazole rings is 1. The molecule has 134 valence electrons. The van der Waals surface area contributed by atoms with Crippen LogP contribution in [0.5, 0.6) is 0 Å². The van der Waals surface area contributed by atoms with Crippen molar-refractivity contribution in [2.24, 2.45) is 0 Å². The predicted octanol–water partition coefficient (Wildman–Crippen LogP) is 1.47. The summed E-state index contributed by atoms with van der Waals surface area (Å²) in [5, 5.41) is 9.48. The van der Waals surface area contributed by atoms with Crippen LogP contribution in [0.25, 0.3) is 10.9 Å². The highest BCUT2D eigenvalue weighted by atomic mass is 32.1. The molecule has 1 saturated heterocycles. The lowest BCUT2D eigenvalue weighted by molar-refractivity contribution is 0.0569. The Labute approximate surface area is 154 Å². The molecular formula is C18H19N5O2S. The Bertz CT molecular complexity index is 915. The van der Waals surface area contributed by atoms with Gasteiger partial charge in [-0.25, -0.2) is 4.98 Å². The Morgan fingerprint density at radius 1 is 1.27 bits per heavy atom. The van der Waals surface area contributed by atoms with Gasteiger partial charge in [0.2, 0.25) is 0 Å². The Morgan fingerprint density at radius 3 is 2.96 bits per heavy atom. The van der Waals surface area contributed by atoms with Crippen molar-refractivity contribution in [3.63, 3.8) is 0 Å². The number of amides is 2. The van der Waals surface area contributed by atoms with Gasteiger partial charge in [0.1, 0.15) is 0 Å². The molecule has 4 rings (SSSR count). The summed E-state index contributed by atoms with van der Waals surface area (Å²) in [5.41, 5.74) is 1.75. The average Bonchev–Trinajstić information content (AvgIpc) is 3.30. The smallest absolute Gasteiger partial charge is 0.280 e. The molecule has 0 aliphatic carbocycles. The molecule has 1 aliphatic rings. The fourth-order valence-electron chi connectivity index (χ4n) is 3.01. The molecular weight excluding hydrogens is 350 g/mol. The lowest BCUT2D eigenvalue weighted by atomic mass is 10.1. The van der Waals surface area contributed by atoms with Crippen LogP contribution in [0.4, 0.5) is 0 Å². The van der Waals surface area contributed by atoms with Crippen LogP contribution in [0.15, 0.2) is 42.0 Å². The molecule has 0 atom stereocenters. The monoisotopic (exact) mass is 369 g/mol. The van der Waals surface area contributed by atoms with E-state index in [1.54, 1.807) is 11.6 Å². The van der Waals surface area contributed by atoms with Crippen molar-refractivity contribution in [3.8, 4) is 0 Å². The standard InChI is InChI=1S/C18H19N5O2S/c24-16(17-22-7-8-26-17)21-6-5-19-14-10-23(11-14)18(25)13-1-2-15-12(9-13)3-4-20-15/h1-4,7-9,14,19-20H,5-6,10-11H2,(H,21,24). The minimum Gasteiger partial charge on any atom is -0.361 e. The SMILES string of the molecule is O=C(NCCNC1CN(C(=O)c2ccc3[nH]ccc3c2)C1)c1nccs1. The molecule has 26 heavy (non-hydrogen) atoms. The first kappa shape index (κ1) is 16.7. The number of H-pyrrole nitrogens is 1. The number of benzene rings is 1. The Kier molecular flexibility index (Phi) is 4.68. The molecule has 0 unspecified atom stereocenters. The van der Waals surface area contributed by atoms with Gasteiger partial charge in [0.15, 0.2) is 5.01 Å². The average molecular weight is 369 g/mol. The third-order valence-corrected chi connectivity index (χ3v) is 5.21. The molecule has 7 nitrogen and oxygen atoms in total. The first-order chi connectivity index (χ1) is 12.7. The van der Waals surface area contributed by atoms with Crippen molar-refractivity contribution < 1.29 is 9.59 Å². The van der Waals surface area contributed by atoms with E-state index in [9.17, 15) is 9.59 Å². The molecule has 8 heteroatoms. The van der Waals surface area contributed by atoms with Crippen LogP contribution in [-0.4, -0.2) is 58.9 Å². The van der Waals surface area contributed by atoms with Crippen LogP contribution in [-0.2, 0) is 0 Å². The Morgan fingerprint density at radius 2 is 2.15 bits per heavy atom. The number of likely N-dealkylation sites (tertiary alicyclic amines) is 1. The number of aromatic nitrogens is 2. The fraction of sp³-hybridized carbons (Fsp3) is 0.278. The molecule has 0 saturated carbocycles. The molecule has 1 aromatic carbocycles. The zero-order valence-electron chi connectivity index (χ0n) is 14.1. The molecule has 1 aliphatic heterocycles. The minimum atomic E-state index is -0.146. The number of hydrogen-bond donors (Lipinski definition) is 3. The largest absolute Gasteiger partial charge is 0.361 e. The summed E-state index contributed by atoms with van der Waals surface area (Å²) < 4.78 is 0. The van der Waals surface area contributed by atoms with Crippen LogP contribution in [0, 0.1) is 0 Å². The number of carbonyl (C=O) groups is 2. The third-order valence-electron chi connectivity index (χ3n) is 4.44. The van der Waals surface area contributed by atoms with E-state index in [1.807, 2.05) is 35.4 Å². The molecule has 1 fully saturated rings. The molecule has 0 radical (unpaired) electrons. The van der Waals surface area contributed by atoms with E-state index in [2.05, 4.69) is 20.6 Å². The first-order valence-electron chi connectivity index (χ1n) is 8.48. The zero-order chi connectivity index (χ0) is 17.9. The number of carbonyl (C=O) groups excluding carboxylic acids is 2. The van der Waals surface area contributed by atoms with Gasteiger partial charge in [-0.15, -0.1) is 11.3 Å². The van der Waals surface area contributed by atoms with Crippen molar-refractivity contribution in [1.29, 1.82) is 0 Å². The van der Waals surface area contributed by atoms with E-state index < -0.39 is 0 Å². The Hall–Kier alpha value is -2.71. The molecule has 2 aromatic heterocycles. The van der Waals surface area contributed by atoms with E-state index in [1.165, 1.54) is 11.3 Å². The van der Waals surface area contributed by atoms with Crippen molar-refractivity contribution >= 4 is 34.1 Å². The van der Waals surface area contributed by atoms with Gasteiger partial charge in [0.25, 0.3) is 11.8 Å². The summed E-state index contributed by atoms with van der Waals surface area (Å²) in [6, 6.07) is 7.95.